The van der Waals surface area contributed by atoms with Gasteiger partial charge in [0.25, 0.3) is 0 Å². The van der Waals surface area contributed by atoms with Gasteiger partial charge in [0.15, 0.2) is 0 Å². The molecule has 0 saturated carbocycles. The van der Waals surface area contributed by atoms with Crippen LogP contribution in [0.25, 0.3) is 0 Å². The first-order chi connectivity index (χ1) is 8.63. The fraction of sp³-hybridized carbons (Fsp3) is 1.00. The van der Waals surface area contributed by atoms with Crippen molar-refractivity contribution in [3.8, 4) is 0 Å². The average molecular weight is 256 g/mol. The lowest BCUT2D eigenvalue weighted by Gasteiger charge is -2.29. The first kappa shape index (κ1) is 15.9. The second-order valence-electron chi connectivity index (χ2n) is 5.78. The molecule has 1 heterocycles. The molecule has 18 heavy (non-hydrogen) atoms. The molecule has 0 aromatic rings. The predicted molar refractivity (Wildman–Crippen MR) is 78.1 cm³/mol. The van der Waals surface area contributed by atoms with E-state index >= 15 is 0 Å². The summed E-state index contributed by atoms with van der Waals surface area (Å²) in [6.45, 7) is 12.3. The Hall–Kier alpha value is -0.120. The lowest BCUT2D eigenvalue weighted by molar-refractivity contribution is 0.0212. The normalized spacial score (nSPS) is 21.2. The molecule has 3 heteroatoms. The van der Waals surface area contributed by atoms with E-state index in [4.69, 9.17) is 4.74 Å². The molecule has 0 radical (unpaired) electrons. The van der Waals surface area contributed by atoms with E-state index in [1.54, 1.807) is 0 Å². The minimum Gasteiger partial charge on any atom is -0.376 e. The highest BCUT2D eigenvalue weighted by Crippen LogP contribution is 2.08. The Kier molecular flexibility index (Phi) is 7.87. The van der Waals surface area contributed by atoms with Crippen LogP contribution < -0.4 is 0 Å². The van der Waals surface area contributed by atoms with Crippen LogP contribution in [0, 0.1) is 0 Å². The smallest absolute Gasteiger partial charge is 0.0674 e. The van der Waals surface area contributed by atoms with Crippen molar-refractivity contribution in [1.82, 2.24) is 9.80 Å². The summed E-state index contributed by atoms with van der Waals surface area (Å²) in [5.41, 5.74) is 0. The van der Waals surface area contributed by atoms with Gasteiger partial charge in [-0.15, -0.1) is 0 Å². The van der Waals surface area contributed by atoms with Gasteiger partial charge >= 0.3 is 0 Å². The van der Waals surface area contributed by atoms with Gasteiger partial charge in [0.2, 0.25) is 0 Å². The van der Waals surface area contributed by atoms with E-state index in [1.165, 1.54) is 38.8 Å². The van der Waals surface area contributed by atoms with E-state index in [9.17, 15) is 0 Å². The Balaban J connectivity index is 2.07. The Morgan fingerprint density at radius 1 is 1.17 bits per heavy atom. The monoisotopic (exact) mass is 256 g/mol. The largest absolute Gasteiger partial charge is 0.376 e. The van der Waals surface area contributed by atoms with Gasteiger partial charge in [-0.25, -0.2) is 0 Å². The van der Waals surface area contributed by atoms with Crippen molar-refractivity contribution < 1.29 is 4.74 Å². The minimum atomic E-state index is 0.341. The topological polar surface area (TPSA) is 15.7 Å². The van der Waals surface area contributed by atoms with Crippen molar-refractivity contribution in [2.75, 3.05) is 39.8 Å². The Morgan fingerprint density at radius 2 is 1.83 bits per heavy atom. The van der Waals surface area contributed by atoms with E-state index in [-0.39, 0.29) is 0 Å². The number of piperidine rings is 1. The average Bonchev–Trinajstić information content (AvgIpc) is 2.38. The predicted octanol–water partition coefficient (Wildman–Crippen LogP) is 2.61. The van der Waals surface area contributed by atoms with Crippen LogP contribution >= 0.6 is 0 Å². The molecule has 0 aromatic heterocycles. The van der Waals surface area contributed by atoms with Gasteiger partial charge in [-0.1, -0.05) is 13.3 Å². The van der Waals surface area contributed by atoms with E-state index < -0.39 is 0 Å². The Morgan fingerprint density at radius 3 is 2.44 bits per heavy atom. The first-order valence-corrected chi connectivity index (χ1v) is 7.67. The van der Waals surface area contributed by atoms with E-state index in [0.717, 1.165) is 19.7 Å². The molecule has 0 aromatic carbocycles. The quantitative estimate of drug-likeness (QED) is 0.664. The van der Waals surface area contributed by atoms with Gasteiger partial charge in [0.05, 0.1) is 12.7 Å². The number of hydrogen-bond acceptors (Lipinski definition) is 3. The first-order valence-electron chi connectivity index (χ1n) is 7.67. The van der Waals surface area contributed by atoms with Crippen LogP contribution in [-0.2, 0) is 4.74 Å². The van der Waals surface area contributed by atoms with Crippen molar-refractivity contribution >= 4 is 0 Å². The molecular weight excluding hydrogens is 224 g/mol. The van der Waals surface area contributed by atoms with E-state index in [0.29, 0.717) is 12.1 Å². The fourth-order valence-corrected chi connectivity index (χ4v) is 2.52. The number of likely N-dealkylation sites (N-methyl/N-ethyl adjacent to an activating group) is 1. The van der Waals surface area contributed by atoms with Crippen LogP contribution in [0.1, 0.15) is 46.5 Å². The molecule has 2 atom stereocenters. The molecule has 0 amide bonds. The third kappa shape index (κ3) is 6.17. The molecular formula is C15H32N2O. The number of nitrogens with zero attached hydrogens (tertiary/aromatic N) is 2. The lowest BCUT2D eigenvalue weighted by atomic mass is 10.1. The van der Waals surface area contributed by atoms with Crippen LogP contribution in [0.3, 0.4) is 0 Å². The lowest BCUT2D eigenvalue weighted by Crippen LogP contribution is -2.37. The molecule has 0 N–H and O–H groups in total. The Bertz CT molecular complexity index is 205. The molecule has 0 spiro atoms. The molecule has 1 saturated heterocycles. The maximum atomic E-state index is 5.93. The molecule has 1 aliphatic heterocycles. The maximum Gasteiger partial charge on any atom is 0.0674 e. The molecule has 1 aliphatic rings. The van der Waals surface area contributed by atoms with Crippen LogP contribution in [0.2, 0.25) is 0 Å². The molecule has 3 nitrogen and oxygen atoms in total. The zero-order valence-electron chi connectivity index (χ0n) is 12.8. The summed E-state index contributed by atoms with van der Waals surface area (Å²) in [5, 5.41) is 0. The number of hydrogen-bond donors (Lipinski definition) is 0. The molecule has 1 rings (SSSR count). The summed E-state index contributed by atoms with van der Waals surface area (Å²) < 4.78 is 5.93. The molecule has 2 unspecified atom stereocenters. The SMILES string of the molecule is CCC(C)N(C)CC(C)OCCN1CCCCC1. The third-order valence-corrected chi connectivity index (χ3v) is 4.15. The molecule has 0 aliphatic carbocycles. The van der Waals surface area contributed by atoms with E-state index in [1.807, 2.05) is 0 Å². The zero-order chi connectivity index (χ0) is 13.4. The maximum absolute atomic E-state index is 5.93. The van der Waals surface area contributed by atoms with Gasteiger partial charge in [0, 0.05) is 19.1 Å². The van der Waals surface area contributed by atoms with Crippen LogP contribution in [0.15, 0.2) is 0 Å². The van der Waals surface area contributed by atoms with Crippen molar-refractivity contribution in [3.05, 3.63) is 0 Å². The summed E-state index contributed by atoms with van der Waals surface area (Å²) in [4.78, 5) is 4.93. The van der Waals surface area contributed by atoms with Crippen molar-refractivity contribution in [2.45, 2.75) is 58.6 Å². The number of rotatable bonds is 8. The van der Waals surface area contributed by atoms with Gasteiger partial charge < -0.3 is 14.5 Å². The van der Waals surface area contributed by atoms with Crippen molar-refractivity contribution in [2.24, 2.45) is 0 Å². The number of ether oxygens (including phenoxy) is 1. The summed E-state index contributed by atoms with van der Waals surface area (Å²) in [6.07, 6.45) is 5.69. The second-order valence-corrected chi connectivity index (χ2v) is 5.78. The highest BCUT2D eigenvalue weighted by Gasteiger charge is 2.13. The number of likely N-dealkylation sites (tertiary alicyclic amines) is 1. The second kappa shape index (κ2) is 8.89. The summed E-state index contributed by atoms with van der Waals surface area (Å²) in [6, 6.07) is 0.651. The fourth-order valence-electron chi connectivity index (χ4n) is 2.52. The molecule has 1 fully saturated rings. The van der Waals surface area contributed by atoms with Crippen LogP contribution in [0.5, 0.6) is 0 Å². The highest BCUT2D eigenvalue weighted by molar-refractivity contribution is 4.66. The third-order valence-electron chi connectivity index (χ3n) is 4.15. The van der Waals surface area contributed by atoms with Crippen molar-refractivity contribution in [1.29, 1.82) is 0 Å². The molecule has 108 valence electrons. The van der Waals surface area contributed by atoms with Crippen LogP contribution in [-0.4, -0.2) is 61.8 Å². The zero-order valence-corrected chi connectivity index (χ0v) is 12.8. The van der Waals surface area contributed by atoms with Gasteiger partial charge in [0.1, 0.15) is 0 Å². The van der Waals surface area contributed by atoms with Gasteiger partial charge in [-0.3, -0.25) is 0 Å². The highest BCUT2D eigenvalue weighted by atomic mass is 16.5. The summed E-state index contributed by atoms with van der Waals surface area (Å²) in [7, 11) is 2.19. The van der Waals surface area contributed by atoms with Crippen LogP contribution in [0.4, 0.5) is 0 Å². The van der Waals surface area contributed by atoms with Gasteiger partial charge in [-0.05, 0) is 53.2 Å². The summed E-state index contributed by atoms with van der Waals surface area (Å²) in [5.74, 6) is 0. The molecule has 0 bridgehead atoms. The summed E-state index contributed by atoms with van der Waals surface area (Å²) >= 11 is 0. The van der Waals surface area contributed by atoms with Crippen molar-refractivity contribution in [3.63, 3.8) is 0 Å². The van der Waals surface area contributed by atoms with E-state index in [2.05, 4.69) is 37.6 Å². The van der Waals surface area contributed by atoms with Gasteiger partial charge in [-0.2, -0.15) is 0 Å². The standard InChI is InChI=1S/C15H32N2O/c1-5-14(2)16(4)13-15(3)18-12-11-17-9-7-6-8-10-17/h14-15H,5-13H2,1-4H3. The minimum absolute atomic E-state index is 0.341. The Labute approximate surface area is 113 Å².